The Morgan fingerprint density at radius 2 is 1.95 bits per heavy atom. The van der Waals surface area contributed by atoms with Crippen molar-refractivity contribution in [1.29, 1.82) is 0 Å². The Morgan fingerprint density at radius 1 is 1.26 bits per heavy atom. The number of allylic oxidation sites excluding steroid dienone is 1. The summed E-state index contributed by atoms with van der Waals surface area (Å²) in [4.78, 5) is 12.3. The summed E-state index contributed by atoms with van der Waals surface area (Å²) in [7, 11) is 0. The monoisotopic (exact) mass is 253 g/mol. The van der Waals surface area contributed by atoms with Gasteiger partial charge in [-0.3, -0.25) is 4.99 Å². The predicted octanol–water partition coefficient (Wildman–Crippen LogP) is 3.75. The average molecular weight is 253 g/mol. The molecule has 3 heteroatoms. The zero-order valence-corrected chi connectivity index (χ0v) is 11.5. The van der Waals surface area contributed by atoms with Crippen molar-refractivity contribution in [1.82, 2.24) is 0 Å². The third-order valence-electron chi connectivity index (χ3n) is 2.60. The topological polar surface area (TPSA) is 37.1 Å². The Morgan fingerprint density at radius 3 is 2.47 bits per heavy atom. The maximum atomic E-state index is 4.25. The highest BCUT2D eigenvalue weighted by Gasteiger charge is 1.97. The van der Waals surface area contributed by atoms with Gasteiger partial charge in [0.25, 0.3) is 0 Å². The van der Waals surface area contributed by atoms with Gasteiger partial charge in [0.2, 0.25) is 0 Å². The van der Waals surface area contributed by atoms with E-state index in [0.717, 1.165) is 11.1 Å². The Bertz CT molecular complexity index is 519. The van der Waals surface area contributed by atoms with Crippen LogP contribution in [-0.2, 0) is 6.54 Å². The number of amidine groups is 1. The van der Waals surface area contributed by atoms with E-state index in [0.29, 0.717) is 12.4 Å². The third-order valence-corrected chi connectivity index (χ3v) is 2.60. The van der Waals surface area contributed by atoms with Gasteiger partial charge in [-0.05, 0) is 26.1 Å². The fourth-order valence-electron chi connectivity index (χ4n) is 1.48. The molecule has 0 bridgehead atoms. The van der Waals surface area contributed by atoms with Crippen molar-refractivity contribution < 1.29 is 0 Å². The van der Waals surface area contributed by atoms with Crippen LogP contribution in [0, 0.1) is 6.92 Å². The highest BCUT2D eigenvalue weighted by molar-refractivity contribution is 6.06. The lowest BCUT2D eigenvalue weighted by atomic mass is 10.1. The van der Waals surface area contributed by atoms with Crippen molar-refractivity contribution in [3.05, 3.63) is 59.7 Å². The minimum Gasteiger partial charge on any atom is -0.269 e. The van der Waals surface area contributed by atoms with E-state index >= 15 is 0 Å². The number of nitrogens with zero attached hydrogens (tertiary/aromatic N) is 3. The number of hydrogen-bond donors (Lipinski definition) is 0. The first-order chi connectivity index (χ1) is 9.21. The molecule has 0 aliphatic rings. The second kappa shape index (κ2) is 7.93. The number of aryl methyl sites for hydroxylation is 1. The van der Waals surface area contributed by atoms with E-state index in [-0.39, 0.29) is 0 Å². The van der Waals surface area contributed by atoms with Gasteiger partial charge in [-0.2, -0.15) is 0 Å². The first-order valence-electron chi connectivity index (χ1n) is 6.08. The van der Waals surface area contributed by atoms with Crippen molar-refractivity contribution in [3.63, 3.8) is 0 Å². The van der Waals surface area contributed by atoms with Gasteiger partial charge in [0.1, 0.15) is 6.34 Å². The molecule has 3 nitrogen and oxygen atoms in total. The highest BCUT2D eigenvalue weighted by Crippen LogP contribution is 2.04. The van der Waals surface area contributed by atoms with Gasteiger partial charge in [0.15, 0.2) is 5.84 Å². The van der Waals surface area contributed by atoms with Gasteiger partial charge in [-0.15, -0.1) is 0 Å². The largest absolute Gasteiger partial charge is 0.269 e. The van der Waals surface area contributed by atoms with E-state index in [4.69, 9.17) is 0 Å². The van der Waals surface area contributed by atoms with Gasteiger partial charge in [0, 0.05) is 5.57 Å². The number of rotatable bonds is 5. The zero-order valence-electron chi connectivity index (χ0n) is 11.5. The minimum atomic E-state index is 0.533. The van der Waals surface area contributed by atoms with Crippen LogP contribution in [0.2, 0.25) is 0 Å². The van der Waals surface area contributed by atoms with E-state index < -0.39 is 0 Å². The van der Waals surface area contributed by atoms with Crippen LogP contribution in [-0.4, -0.2) is 18.9 Å². The normalized spacial score (nSPS) is 12.7. The molecule has 0 spiro atoms. The first-order valence-corrected chi connectivity index (χ1v) is 6.08. The fraction of sp³-hybridized carbons (Fsp3) is 0.188. The molecule has 1 rings (SSSR count). The van der Waals surface area contributed by atoms with Crippen molar-refractivity contribution >= 4 is 18.9 Å². The third kappa shape index (κ3) is 4.84. The molecule has 19 heavy (non-hydrogen) atoms. The number of benzene rings is 1. The molecule has 0 aliphatic carbocycles. The molecule has 0 aliphatic heterocycles. The molecule has 0 amide bonds. The van der Waals surface area contributed by atoms with Crippen molar-refractivity contribution in [2.24, 2.45) is 15.0 Å². The van der Waals surface area contributed by atoms with Crippen molar-refractivity contribution in [2.75, 3.05) is 0 Å². The van der Waals surface area contributed by atoms with E-state index in [1.54, 1.807) is 6.08 Å². The molecule has 0 saturated heterocycles. The summed E-state index contributed by atoms with van der Waals surface area (Å²) in [5.74, 6) is 0.533. The average Bonchev–Trinajstić information content (AvgIpc) is 2.44. The second-order valence-corrected chi connectivity index (χ2v) is 4.00. The van der Waals surface area contributed by atoms with Gasteiger partial charge < -0.3 is 0 Å². The van der Waals surface area contributed by atoms with E-state index in [2.05, 4.69) is 59.5 Å². The summed E-state index contributed by atoms with van der Waals surface area (Å²) in [6.07, 6.45) is 5.09. The Balaban J connectivity index is 2.68. The van der Waals surface area contributed by atoms with Crippen LogP contribution in [0.5, 0.6) is 0 Å². The second-order valence-electron chi connectivity index (χ2n) is 4.00. The van der Waals surface area contributed by atoms with Gasteiger partial charge in [-0.1, -0.05) is 48.6 Å². The number of aliphatic imine (C=N–C) groups is 3. The lowest BCUT2D eigenvalue weighted by Gasteiger charge is -1.98. The lowest BCUT2D eigenvalue weighted by molar-refractivity contribution is 1.07. The molecule has 0 fully saturated rings. The smallest absolute Gasteiger partial charge is 0.159 e. The molecular weight excluding hydrogens is 234 g/mol. The summed E-state index contributed by atoms with van der Waals surface area (Å²) in [6, 6.07) is 8.26. The fourth-order valence-corrected chi connectivity index (χ4v) is 1.48. The van der Waals surface area contributed by atoms with Gasteiger partial charge in [-0.25, -0.2) is 9.98 Å². The Hall–Kier alpha value is -2.29. The standard InChI is InChI=1S/C16H19N3/c1-5-15(6-2)16(17-4)19-12-18-11-14-9-7-13(3)8-10-14/h5-10,12H,1,4,11H2,2-3H3/b15-6+,18-12?,19-16?. The van der Waals surface area contributed by atoms with Crippen molar-refractivity contribution in [2.45, 2.75) is 20.4 Å². The van der Waals surface area contributed by atoms with Crippen LogP contribution in [0.1, 0.15) is 18.1 Å². The molecule has 0 heterocycles. The summed E-state index contributed by atoms with van der Waals surface area (Å²) in [5, 5.41) is 0. The SMILES string of the molecule is C=C/C(=C\C)C(N=C)=NC=NCc1ccc(C)cc1. The van der Waals surface area contributed by atoms with E-state index in [1.807, 2.05) is 13.0 Å². The molecule has 0 unspecified atom stereocenters. The Labute approximate surface area is 114 Å². The summed E-state index contributed by atoms with van der Waals surface area (Å²) < 4.78 is 0. The van der Waals surface area contributed by atoms with Crippen LogP contribution in [0.3, 0.4) is 0 Å². The lowest BCUT2D eigenvalue weighted by Crippen LogP contribution is -1.96. The summed E-state index contributed by atoms with van der Waals surface area (Å²) in [5.41, 5.74) is 3.24. The molecule has 0 N–H and O–H groups in total. The van der Waals surface area contributed by atoms with Crippen LogP contribution in [0.25, 0.3) is 0 Å². The molecule has 0 atom stereocenters. The van der Waals surface area contributed by atoms with Crippen LogP contribution >= 0.6 is 0 Å². The van der Waals surface area contributed by atoms with Gasteiger partial charge in [0.05, 0.1) is 6.54 Å². The molecule has 0 aromatic heterocycles. The summed E-state index contributed by atoms with van der Waals surface area (Å²) >= 11 is 0. The number of hydrogen-bond acceptors (Lipinski definition) is 1. The van der Waals surface area contributed by atoms with Crippen LogP contribution in [0.4, 0.5) is 0 Å². The van der Waals surface area contributed by atoms with Gasteiger partial charge >= 0.3 is 0 Å². The van der Waals surface area contributed by atoms with Crippen molar-refractivity contribution in [3.8, 4) is 0 Å². The maximum absolute atomic E-state index is 4.25. The molecule has 0 radical (unpaired) electrons. The minimum absolute atomic E-state index is 0.533. The molecule has 0 saturated carbocycles. The summed E-state index contributed by atoms with van der Waals surface area (Å²) in [6.45, 7) is 11.8. The van der Waals surface area contributed by atoms with E-state index in [1.165, 1.54) is 11.9 Å². The Kier molecular flexibility index (Phi) is 6.16. The molecule has 1 aromatic rings. The maximum Gasteiger partial charge on any atom is 0.159 e. The predicted molar refractivity (Wildman–Crippen MR) is 84.3 cm³/mol. The van der Waals surface area contributed by atoms with Crippen LogP contribution < -0.4 is 0 Å². The quantitative estimate of drug-likeness (QED) is 0.435. The van der Waals surface area contributed by atoms with Crippen LogP contribution in [0.15, 0.2) is 63.5 Å². The molecular formula is C16H19N3. The zero-order chi connectivity index (χ0) is 14.1. The first kappa shape index (κ1) is 14.8. The van der Waals surface area contributed by atoms with E-state index in [9.17, 15) is 0 Å². The molecule has 98 valence electrons. The molecule has 1 aromatic carbocycles. The highest BCUT2D eigenvalue weighted by atomic mass is 14.9.